The first-order chi connectivity index (χ1) is 22.0. The Morgan fingerprint density at radius 3 is 1.44 bits per heavy atom. The van der Waals surface area contributed by atoms with E-state index in [0.29, 0.717) is 0 Å². The molecule has 0 amide bonds. The quantitative estimate of drug-likeness (QED) is 0.0624. The first-order valence-electron chi connectivity index (χ1n) is 17.9. The van der Waals surface area contributed by atoms with Gasteiger partial charge >= 0.3 is 26.2 Å². The summed E-state index contributed by atoms with van der Waals surface area (Å²) in [6.45, 7) is 8.87. The molecule has 0 radical (unpaired) electrons. The average molecular weight is 654 g/mol. The zero-order valence-corrected chi connectivity index (χ0v) is 30.5. The molecule has 0 bridgehead atoms. The van der Waals surface area contributed by atoms with E-state index < -0.39 is 0 Å². The van der Waals surface area contributed by atoms with E-state index in [2.05, 4.69) is 99.9 Å². The van der Waals surface area contributed by atoms with Crippen molar-refractivity contribution < 1.29 is 19.1 Å². The van der Waals surface area contributed by atoms with Crippen molar-refractivity contribution in [3.05, 3.63) is 87.5 Å². The molecule has 2 aromatic rings. The molecular weight excluding hydrogens is 591 g/mol. The topological polar surface area (TPSA) is 25.3 Å². The van der Waals surface area contributed by atoms with E-state index in [1.807, 2.05) is 0 Å². The molecule has 0 saturated carbocycles. The van der Waals surface area contributed by atoms with Crippen molar-refractivity contribution in [2.45, 2.75) is 155 Å². The first-order valence-corrected chi connectivity index (χ1v) is 19.8. The number of aryl methyl sites for hydroxylation is 2. The maximum atomic E-state index is 11.6. The van der Waals surface area contributed by atoms with Gasteiger partial charge in [-0.3, -0.25) is 0 Å². The van der Waals surface area contributed by atoms with Crippen LogP contribution in [0.3, 0.4) is 0 Å². The number of hydrogen-bond acceptors (Lipinski definition) is 0. The molecule has 3 rings (SSSR count). The summed E-state index contributed by atoms with van der Waals surface area (Å²) in [5, 5.41) is 0. The molecule has 1 aliphatic heterocycles. The van der Waals surface area contributed by atoms with E-state index in [1.165, 1.54) is 106 Å². The van der Waals surface area contributed by atoms with Gasteiger partial charge in [-0.25, -0.2) is 4.70 Å². The minimum absolute atomic E-state index is 0.813. The van der Waals surface area contributed by atoms with Crippen molar-refractivity contribution >= 4 is 11.4 Å². The second kappa shape index (κ2) is 23.8. The summed E-state index contributed by atoms with van der Waals surface area (Å²) in [5.74, 6) is 11.0. The SMILES string of the molecule is CCCCCC#CC1=C(c2ccc(CCCCCCCC)cc2)[N+](=[N-])C(c2ccc(CCCCCCCC)cc2)=C1C.[CH3][Ni][CH3]. The fourth-order valence-electron chi connectivity index (χ4n) is 5.92. The van der Waals surface area contributed by atoms with Crippen molar-refractivity contribution in [1.29, 1.82) is 0 Å². The molecule has 1 heterocycles. The Hall–Kier alpha value is -2.43. The van der Waals surface area contributed by atoms with Crippen LogP contribution in [0.2, 0.25) is 11.8 Å². The monoisotopic (exact) mass is 652 g/mol. The maximum absolute atomic E-state index is 11.6. The van der Waals surface area contributed by atoms with Gasteiger partial charge < -0.3 is 5.53 Å². The van der Waals surface area contributed by atoms with Gasteiger partial charge in [0.25, 0.3) is 0 Å². The third-order valence-electron chi connectivity index (χ3n) is 8.60. The standard InChI is InChI=1S/C40H56N2.2CH3.Ni/c1-5-8-11-14-17-19-22-34-25-29-36(30-26-34)39-33(4)38(24-21-16-13-10-7-3)40(42(39)41)37-31-27-35(28-32-37)23-20-18-15-12-9-6-2;;;/h25-32H,5-20,22-23H2,1-4H3;2*1H3;. The molecule has 250 valence electrons. The van der Waals surface area contributed by atoms with Crippen molar-refractivity contribution in [3.63, 3.8) is 0 Å². The normalized spacial score (nSPS) is 12.8. The molecular formula is C42H62N2Ni. The van der Waals surface area contributed by atoms with Gasteiger partial charge in [-0.05, 0) is 74.4 Å². The summed E-state index contributed by atoms with van der Waals surface area (Å²) in [7, 11) is 0. The van der Waals surface area contributed by atoms with Crippen LogP contribution in [-0.4, -0.2) is 4.70 Å². The van der Waals surface area contributed by atoms with E-state index in [1.54, 1.807) is 14.4 Å². The Morgan fingerprint density at radius 2 is 0.978 bits per heavy atom. The van der Waals surface area contributed by atoms with E-state index in [4.69, 9.17) is 0 Å². The summed E-state index contributed by atoms with van der Waals surface area (Å²) in [5.41, 5.74) is 20.1. The average Bonchev–Trinajstić information content (AvgIpc) is 3.30. The van der Waals surface area contributed by atoms with Crippen LogP contribution in [0, 0.1) is 11.8 Å². The van der Waals surface area contributed by atoms with Crippen molar-refractivity contribution in [3.8, 4) is 11.8 Å². The molecule has 1 aliphatic rings. The van der Waals surface area contributed by atoms with Crippen LogP contribution >= 0.6 is 0 Å². The summed E-state index contributed by atoms with van der Waals surface area (Å²) in [4.78, 5) is 0. The van der Waals surface area contributed by atoms with Crippen LogP contribution < -0.4 is 0 Å². The third kappa shape index (κ3) is 13.8. The van der Waals surface area contributed by atoms with E-state index in [0.717, 1.165) is 59.4 Å². The van der Waals surface area contributed by atoms with Gasteiger partial charge in [0.05, 0.1) is 0 Å². The minimum atomic E-state index is 0.813. The predicted octanol–water partition coefficient (Wildman–Crippen LogP) is 13.4. The molecule has 0 unspecified atom stereocenters. The number of hydrogen-bond donors (Lipinski definition) is 0. The van der Waals surface area contributed by atoms with E-state index in [9.17, 15) is 5.53 Å². The number of unbranched alkanes of at least 4 members (excludes halogenated alkanes) is 13. The predicted molar refractivity (Wildman–Crippen MR) is 194 cm³/mol. The number of benzene rings is 2. The summed E-state index contributed by atoms with van der Waals surface area (Å²) in [6, 6.07) is 17.6. The Kier molecular flexibility index (Phi) is 20.5. The van der Waals surface area contributed by atoms with Crippen LogP contribution in [0.1, 0.15) is 153 Å². The summed E-state index contributed by atoms with van der Waals surface area (Å²) in [6.07, 6.45) is 22.4. The molecule has 3 heteroatoms. The fraction of sp³-hybridized carbons (Fsp3) is 0.571. The van der Waals surface area contributed by atoms with Gasteiger partial charge in [-0.2, -0.15) is 0 Å². The molecule has 0 saturated heterocycles. The van der Waals surface area contributed by atoms with Gasteiger partial charge in [-0.1, -0.05) is 134 Å². The number of rotatable bonds is 19. The van der Waals surface area contributed by atoms with Crippen LogP contribution in [-0.2, 0) is 27.3 Å². The van der Waals surface area contributed by atoms with Gasteiger partial charge in [-0.15, -0.1) is 0 Å². The van der Waals surface area contributed by atoms with Crippen molar-refractivity contribution in [2.24, 2.45) is 0 Å². The fourth-order valence-corrected chi connectivity index (χ4v) is 5.92. The van der Waals surface area contributed by atoms with Gasteiger partial charge in [0, 0.05) is 23.1 Å². The van der Waals surface area contributed by atoms with Crippen LogP contribution in [0.15, 0.2) is 59.7 Å². The van der Waals surface area contributed by atoms with Crippen LogP contribution in [0.5, 0.6) is 0 Å². The van der Waals surface area contributed by atoms with Crippen LogP contribution in [0.4, 0.5) is 0 Å². The molecule has 45 heavy (non-hydrogen) atoms. The molecule has 0 atom stereocenters. The molecule has 0 spiro atoms. The van der Waals surface area contributed by atoms with Crippen molar-refractivity contribution in [2.75, 3.05) is 0 Å². The molecule has 0 N–H and O–H groups in total. The molecule has 0 aromatic heterocycles. The summed E-state index contributed by atoms with van der Waals surface area (Å²) >= 11 is 1.62. The molecule has 2 aromatic carbocycles. The van der Waals surface area contributed by atoms with E-state index >= 15 is 0 Å². The number of nitrogens with zero attached hydrogens (tertiary/aromatic N) is 2. The van der Waals surface area contributed by atoms with Gasteiger partial charge in [0.2, 0.25) is 11.4 Å². The second-order valence-electron chi connectivity index (χ2n) is 12.5. The first kappa shape index (κ1) is 38.8. The Bertz CT molecular complexity index is 1240. The van der Waals surface area contributed by atoms with E-state index in [-0.39, 0.29) is 0 Å². The molecule has 0 fully saturated rings. The Labute approximate surface area is 283 Å². The van der Waals surface area contributed by atoms with Gasteiger partial charge in [0.15, 0.2) is 0 Å². The third-order valence-corrected chi connectivity index (χ3v) is 8.60. The molecule has 2 nitrogen and oxygen atoms in total. The van der Waals surface area contributed by atoms with Crippen LogP contribution in [0.25, 0.3) is 16.9 Å². The van der Waals surface area contributed by atoms with Gasteiger partial charge in [0.1, 0.15) is 5.57 Å². The zero-order chi connectivity index (χ0) is 32.7. The zero-order valence-electron chi connectivity index (χ0n) is 29.6. The Balaban J connectivity index is 0.00000226. The summed E-state index contributed by atoms with van der Waals surface area (Å²) < 4.78 is 1.40. The number of allylic oxidation sites excluding steroid dienone is 2. The van der Waals surface area contributed by atoms with Crippen molar-refractivity contribution in [1.82, 2.24) is 0 Å². The second-order valence-corrected chi connectivity index (χ2v) is 13.5. The Morgan fingerprint density at radius 1 is 0.578 bits per heavy atom. The molecule has 0 aliphatic carbocycles.